The third-order valence-corrected chi connectivity index (χ3v) is 4.76. The lowest BCUT2D eigenvalue weighted by atomic mass is 10.1. The van der Waals surface area contributed by atoms with E-state index in [9.17, 15) is 9.18 Å². The Hall–Kier alpha value is -2.34. The van der Waals surface area contributed by atoms with E-state index in [0.717, 1.165) is 32.6 Å². The van der Waals surface area contributed by atoms with Crippen molar-refractivity contribution in [1.82, 2.24) is 14.4 Å². The van der Waals surface area contributed by atoms with Crippen LogP contribution in [0.15, 0.2) is 42.7 Å². The predicted molar refractivity (Wildman–Crippen MR) is 97.6 cm³/mol. The molecule has 1 aromatic heterocycles. The maximum absolute atomic E-state index is 14.0. The van der Waals surface area contributed by atoms with Crippen molar-refractivity contribution >= 4 is 11.7 Å². The zero-order valence-corrected chi connectivity index (χ0v) is 14.8. The van der Waals surface area contributed by atoms with Gasteiger partial charge in [0.2, 0.25) is 0 Å². The molecule has 134 valence electrons. The van der Waals surface area contributed by atoms with Crippen molar-refractivity contribution in [3.63, 3.8) is 0 Å². The molecule has 0 aliphatic carbocycles. The van der Waals surface area contributed by atoms with Crippen LogP contribution in [0.2, 0.25) is 0 Å². The molecule has 2 amide bonds. The van der Waals surface area contributed by atoms with Crippen LogP contribution >= 0.6 is 0 Å². The summed E-state index contributed by atoms with van der Waals surface area (Å²) in [5.41, 5.74) is 1.02. The van der Waals surface area contributed by atoms with Crippen molar-refractivity contribution in [3.8, 4) is 5.69 Å². The van der Waals surface area contributed by atoms with Crippen LogP contribution in [0.4, 0.5) is 14.9 Å². The van der Waals surface area contributed by atoms with Crippen LogP contribution in [0.3, 0.4) is 0 Å². The normalized spacial score (nSPS) is 17.3. The number of aromatic nitrogens is 1. The molecule has 0 unspecified atom stereocenters. The smallest absolute Gasteiger partial charge is 0.321 e. The number of carbonyl (C=O) groups is 1. The molecule has 1 aliphatic heterocycles. The molecule has 6 heteroatoms. The van der Waals surface area contributed by atoms with Crippen LogP contribution in [-0.2, 0) is 0 Å². The second kappa shape index (κ2) is 7.70. The van der Waals surface area contributed by atoms with Gasteiger partial charge in [0.1, 0.15) is 5.82 Å². The Morgan fingerprint density at radius 2 is 2.12 bits per heavy atom. The number of benzene rings is 1. The molecule has 2 aromatic rings. The van der Waals surface area contributed by atoms with Crippen LogP contribution in [0.5, 0.6) is 0 Å². The fourth-order valence-corrected chi connectivity index (χ4v) is 3.22. The van der Waals surface area contributed by atoms with Crippen LogP contribution in [0.1, 0.15) is 13.3 Å². The number of amides is 2. The Bertz CT molecular complexity index is 716. The fourth-order valence-electron chi connectivity index (χ4n) is 3.22. The molecule has 0 spiro atoms. The van der Waals surface area contributed by atoms with Gasteiger partial charge in [0.05, 0.1) is 5.69 Å². The van der Waals surface area contributed by atoms with Gasteiger partial charge < -0.3 is 19.7 Å². The minimum atomic E-state index is -0.321. The van der Waals surface area contributed by atoms with Gasteiger partial charge in [-0.25, -0.2) is 9.18 Å². The highest BCUT2D eigenvalue weighted by Crippen LogP contribution is 2.21. The fraction of sp³-hybridized carbons (Fsp3) is 0.421. The molecule has 25 heavy (non-hydrogen) atoms. The molecule has 1 aromatic carbocycles. The summed E-state index contributed by atoms with van der Waals surface area (Å²) in [6.07, 6.45) is 4.58. The van der Waals surface area contributed by atoms with Crippen molar-refractivity contribution in [2.24, 2.45) is 5.92 Å². The lowest BCUT2D eigenvalue weighted by Gasteiger charge is -2.20. The first-order valence-electron chi connectivity index (χ1n) is 8.74. The number of likely N-dealkylation sites (tertiary alicyclic amines) is 1. The molecule has 0 bridgehead atoms. The molecule has 3 rings (SSSR count). The van der Waals surface area contributed by atoms with E-state index in [2.05, 4.69) is 24.2 Å². The summed E-state index contributed by atoms with van der Waals surface area (Å²) in [5.74, 6) is 0.192. The average molecular weight is 344 g/mol. The number of urea groups is 1. The van der Waals surface area contributed by atoms with E-state index in [1.807, 2.05) is 17.0 Å². The lowest BCUT2D eigenvalue weighted by Crippen LogP contribution is -2.34. The topological polar surface area (TPSA) is 40.5 Å². The molecule has 1 aliphatic rings. The van der Waals surface area contributed by atoms with Gasteiger partial charge >= 0.3 is 6.03 Å². The third kappa shape index (κ3) is 4.20. The summed E-state index contributed by atoms with van der Waals surface area (Å²) in [6, 6.07) is 8.19. The number of carbonyl (C=O) groups excluding carboxylic acids is 1. The van der Waals surface area contributed by atoms with Crippen LogP contribution in [0, 0.1) is 11.7 Å². The maximum Gasteiger partial charge on any atom is 0.321 e. The van der Waals surface area contributed by atoms with Gasteiger partial charge in [-0.1, -0.05) is 6.92 Å². The number of nitrogens with zero attached hydrogens (tertiary/aromatic N) is 3. The van der Waals surface area contributed by atoms with Gasteiger partial charge in [0.25, 0.3) is 0 Å². The molecule has 0 saturated carbocycles. The summed E-state index contributed by atoms with van der Waals surface area (Å²) in [7, 11) is 2.10. The highest BCUT2D eigenvalue weighted by Gasteiger charge is 2.26. The first-order chi connectivity index (χ1) is 12.1. The standard InChI is InChI=1S/C19H25FN4O/c1-3-22(2)13-15-8-11-24(14-15)19(25)21-16-6-7-17(20)18(12-16)23-9-4-5-10-23/h4-7,9-10,12,15H,3,8,11,13-14H2,1-2H3,(H,21,25)/t15-/m1/s1. The Labute approximate surface area is 148 Å². The number of rotatable bonds is 5. The van der Waals surface area contributed by atoms with Gasteiger partial charge in [0, 0.05) is 37.7 Å². The molecule has 1 atom stereocenters. The highest BCUT2D eigenvalue weighted by atomic mass is 19.1. The number of halogens is 1. The van der Waals surface area contributed by atoms with E-state index in [-0.39, 0.29) is 11.8 Å². The zero-order valence-electron chi connectivity index (χ0n) is 14.8. The molecule has 1 fully saturated rings. The maximum atomic E-state index is 14.0. The molecule has 0 radical (unpaired) electrons. The van der Waals surface area contributed by atoms with Crippen molar-refractivity contribution in [2.75, 3.05) is 38.5 Å². The quantitative estimate of drug-likeness (QED) is 0.903. The zero-order chi connectivity index (χ0) is 17.8. The minimum Gasteiger partial charge on any atom is -0.324 e. The highest BCUT2D eigenvalue weighted by molar-refractivity contribution is 5.89. The van der Waals surface area contributed by atoms with Crippen LogP contribution in [0.25, 0.3) is 5.69 Å². The summed E-state index contributed by atoms with van der Waals surface area (Å²) >= 11 is 0. The Kier molecular flexibility index (Phi) is 5.38. The van der Waals surface area contributed by atoms with Gasteiger partial charge in [-0.05, 0) is 56.3 Å². The van der Waals surface area contributed by atoms with Crippen LogP contribution in [-0.4, -0.2) is 53.6 Å². The molecule has 2 heterocycles. The van der Waals surface area contributed by atoms with Crippen molar-refractivity contribution in [1.29, 1.82) is 0 Å². The van der Waals surface area contributed by atoms with E-state index in [1.54, 1.807) is 29.1 Å². The van der Waals surface area contributed by atoms with E-state index in [1.165, 1.54) is 6.07 Å². The lowest BCUT2D eigenvalue weighted by molar-refractivity contribution is 0.218. The van der Waals surface area contributed by atoms with E-state index >= 15 is 0 Å². The first-order valence-corrected chi connectivity index (χ1v) is 8.74. The monoisotopic (exact) mass is 344 g/mol. The second-order valence-electron chi connectivity index (χ2n) is 6.64. The molecular formula is C19H25FN4O. The summed E-state index contributed by atoms with van der Waals surface area (Å²) in [4.78, 5) is 16.6. The van der Waals surface area contributed by atoms with Gasteiger partial charge in [0.15, 0.2) is 0 Å². The second-order valence-corrected chi connectivity index (χ2v) is 6.64. The average Bonchev–Trinajstić information content (AvgIpc) is 3.28. The van der Waals surface area contributed by atoms with E-state index in [4.69, 9.17) is 0 Å². The number of hydrogen-bond donors (Lipinski definition) is 1. The van der Waals surface area contributed by atoms with E-state index in [0.29, 0.717) is 17.3 Å². The Morgan fingerprint density at radius 1 is 1.36 bits per heavy atom. The third-order valence-electron chi connectivity index (χ3n) is 4.76. The van der Waals surface area contributed by atoms with Gasteiger partial charge in [-0.15, -0.1) is 0 Å². The minimum absolute atomic E-state index is 0.119. The predicted octanol–water partition coefficient (Wildman–Crippen LogP) is 3.42. The van der Waals surface area contributed by atoms with Crippen molar-refractivity contribution in [2.45, 2.75) is 13.3 Å². The number of hydrogen-bond acceptors (Lipinski definition) is 2. The SMILES string of the molecule is CCN(C)C[C@H]1CCN(C(=O)Nc2ccc(F)c(-n3cccc3)c2)C1. The Balaban J connectivity index is 1.63. The first kappa shape index (κ1) is 17.5. The largest absolute Gasteiger partial charge is 0.324 e. The Morgan fingerprint density at radius 3 is 2.84 bits per heavy atom. The van der Waals surface area contributed by atoms with Crippen molar-refractivity contribution in [3.05, 3.63) is 48.5 Å². The molecule has 5 nitrogen and oxygen atoms in total. The molecular weight excluding hydrogens is 319 g/mol. The van der Waals surface area contributed by atoms with Crippen LogP contribution < -0.4 is 5.32 Å². The summed E-state index contributed by atoms with van der Waals surface area (Å²) in [6.45, 7) is 5.69. The molecule has 1 N–H and O–H groups in total. The summed E-state index contributed by atoms with van der Waals surface area (Å²) < 4.78 is 15.7. The summed E-state index contributed by atoms with van der Waals surface area (Å²) in [5, 5.41) is 2.89. The van der Waals surface area contributed by atoms with E-state index < -0.39 is 0 Å². The van der Waals surface area contributed by atoms with Gasteiger partial charge in [-0.2, -0.15) is 0 Å². The number of nitrogens with one attached hydrogen (secondary N) is 1. The van der Waals surface area contributed by atoms with Crippen molar-refractivity contribution < 1.29 is 9.18 Å². The van der Waals surface area contributed by atoms with Gasteiger partial charge in [-0.3, -0.25) is 0 Å². The molecule has 1 saturated heterocycles. The number of anilines is 1.